The van der Waals surface area contributed by atoms with Gasteiger partial charge in [0, 0.05) is 30.7 Å². The summed E-state index contributed by atoms with van der Waals surface area (Å²) in [6.07, 6.45) is 0. The molecule has 0 aliphatic rings. The fraction of sp³-hybridized carbons (Fsp3) is 0.278. The summed E-state index contributed by atoms with van der Waals surface area (Å²) in [6, 6.07) is 15.9. The summed E-state index contributed by atoms with van der Waals surface area (Å²) in [5, 5.41) is 0. The second kappa shape index (κ2) is 9.39. The number of thioether (sulfide) groups is 1. The number of ether oxygens (including phenoxy) is 1. The molecular formula is C18H19F2NO2S. The zero-order valence-electron chi connectivity index (χ0n) is 13.3. The second-order valence-corrected chi connectivity index (χ2v) is 6.17. The van der Waals surface area contributed by atoms with Gasteiger partial charge in [-0.15, -0.1) is 0 Å². The number of rotatable bonds is 8. The van der Waals surface area contributed by atoms with Crippen molar-refractivity contribution in [2.75, 3.05) is 20.3 Å². The highest BCUT2D eigenvalue weighted by atomic mass is 32.2. The Hall–Kier alpha value is -1.92. The van der Waals surface area contributed by atoms with E-state index in [1.54, 1.807) is 36.3 Å². The van der Waals surface area contributed by atoms with Crippen LogP contribution in [0, 0.1) is 0 Å². The zero-order valence-corrected chi connectivity index (χ0v) is 14.1. The number of methoxy groups -OCH3 is 1. The first-order valence-corrected chi connectivity index (χ1v) is 8.35. The Morgan fingerprint density at radius 3 is 2.38 bits per heavy atom. The first kappa shape index (κ1) is 18.4. The molecule has 0 atom stereocenters. The van der Waals surface area contributed by atoms with Crippen LogP contribution >= 0.6 is 11.8 Å². The smallest absolute Gasteiger partial charge is 0.288 e. The molecule has 0 radical (unpaired) electrons. The largest absolute Gasteiger partial charge is 0.383 e. The molecule has 2 aromatic rings. The maximum atomic E-state index is 12.7. The van der Waals surface area contributed by atoms with Gasteiger partial charge >= 0.3 is 0 Å². The third-order valence-corrected chi connectivity index (χ3v) is 4.12. The molecule has 3 nitrogen and oxygen atoms in total. The molecule has 0 N–H and O–H groups in total. The highest BCUT2D eigenvalue weighted by Crippen LogP contribution is 2.25. The van der Waals surface area contributed by atoms with Gasteiger partial charge in [-0.25, -0.2) is 0 Å². The molecule has 0 unspecified atom stereocenters. The molecule has 0 saturated heterocycles. The van der Waals surface area contributed by atoms with Gasteiger partial charge in [-0.1, -0.05) is 42.1 Å². The number of hydrogen-bond acceptors (Lipinski definition) is 3. The topological polar surface area (TPSA) is 29.5 Å². The Morgan fingerprint density at radius 2 is 1.79 bits per heavy atom. The number of carbonyl (C=O) groups excluding carboxylic acids is 1. The molecule has 0 spiro atoms. The van der Waals surface area contributed by atoms with Crippen LogP contribution in [0.25, 0.3) is 0 Å². The van der Waals surface area contributed by atoms with Crippen LogP contribution in [0.3, 0.4) is 0 Å². The van der Waals surface area contributed by atoms with Crippen molar-refractivity contribution >= 4 is 17.7 Å². The van der Waals surface area contributed by atoms with Gasteiger partial charge in [-0.2, -0.15) is 8.78 Å². The van der Waals surface area contributed by atoms with E-state index in [1.165, 1.54) is 0 Å². The molecule has 0 aliphatic heterocycles. The lowest BCUT2D eigenvalue weighted by Crippen LogP contribution is -2.33. The first-order valence-electron chi connectivity index (χ1n) is 7.47. The predicted octanol–water partition coefficient (Wildman–Crippen LogP) is 4.29. The summed E-state index contributed by atoms with van der Waals surface area (Å²) >= 11 is 0.466. The third-order valence-electron chi connectivity index (χ3n) is 3.40. The van der Waals surface area contributed by atoms with Gasteiger partial charge in [0.2, 0.25) is 0 Å². The van der Waals surface area contributed by atoms with Crippen molar-refractivity contribution in [3.05, 3.63) is 65.7 Å². The number of hydrogen-bond donors (Lipinski definition) is 0. The number of halogens is 2. The van der Waals surface area contributed by atoms with E-state index in [0.717, 1.165) is 5.56 Å². The molecule has 2 rings (SSSR count). The predicted molar refractivity (Wildman–Crippen MR) is 91.4 cm³/mol. The fourth-order valence-electron chi connectivity index (χ4n) is 2.22. The molecule has 0 bridgehead atoms. The molecule has 2 aromatic carbocycles. The van der Waals surface area contributed by atoms with Crippen molar-refractivity contribution in [1.29, 1.82) is 0 Å². The van der Waals surface area contributed by atoms with E-state index in [4.69, 9.17) is 4.74 Å². The molecule has 6 heteroatoms. The molecule has 0 heterocycles. The monoisotopic (exact) mass is 351 g/mol. The van der Waals surface area contributed by atoms with Gasteiger partial charge in [0.15, 0.2) is 0 Å². The molecule has 0 aromatic heterocycles. The van der Waals surface area contributed by atoms with Crippen molar-refractivity contribution in [1.82, 2.24) is 4.90 Å². The molecule has 0 aliphatic carbocycles. The Morgan fingerprint density at radius 1 is 1.12 bits per heavy atom. The van der Waals surface area contributed by atoms with Crippen LogP contribution in [0.4, 0.5) is 8.78 Å². The number of benzene rings is 2. The van der Waals surface area contributed by atoms with Gasteiger partial charge in [-0.05, 0) is 29.8 Å². The minimum Gasteiger partial charge on any atom is -0.383 e. The SMILES string of the molecule is COCCN(Cc1ccccc1)C(=O)c1ccc(SC(F)F)cc1. The second-order valence-electron chi connectivity index (χ2n) is 5.11. The van der Waals surface area contributed by atoms with Crippen LogP contribution in [0.1, 0.15) is 15.9 Å². The van der Waals surface area contributed by atoms with E-state index < -0.39 is 5.76 Å². The minimum absolute atomic E-state index is 0.149. The van der Waals surface area contributed by atoms with E-state index in [-0.39, 0.29) is 5.91 Å². The van der Waals surface area contributed by atoms with Crippen molar-refractivity contribution in [3.63, 3.8) is 0 Å². The first-order chi connectivity index (χ1) is 11.6. The van der Waals surface area contributed by atoms with Crippen LogP contribution in [0.15, 0.2) is 59.5 Å². The Kier molecular flexibility index (Phi) is 7.21. The maximum absolute atomic E-state index is 12.7. The quantitative estimate of drug-likeness (QED) is 0.665. The Bertz CT molecular complexity index is 635. The number of alkyl halides is 2. The van der Waals surface area contributed by atoms with Crippen LogP contribution in [0.2, 0.25) is 0 Å². The van der Waals surface area contributed by atoms with Gasteiger partial charge in [0.05, 0.1) is 6.61 Å². The lowest BCUT2D eigenvalue weighted by atomic mass is 10.1. The number of nitrogens with zero attached hydrogens (tertiary/aromatic N) is 1. The van der Waals surface area contributed by atoms with Gasteiger partial charge < -0.3 is 9.64 Å². The summed E-state index contributed by atoms with van der Waals surface area (Å²) in [4.78, 5) is 14.8. The van der Waals surface area contributed by atoms with E-state index in [0.29, 0.717) is 41.9 Å². The summed E-state index contributed by atoms with van der Waals surface area (Å²) in [7, 11) is 1.58. The maximum Gasteiger partial charge on any atom is 0.288 e. The van der Waals surface area contributed by atoms with Gasteiger partial charge in [0.25, 0.3) is 11.7 Å². The van der Waals surface area contributed by atoms with E-state index >= 15 is 0 Å². The van der Waals surface area contributed by atoms with Crippen LogP contribution in [-0.2, 0) is 11.3 Å². The van der Waals surface area contributed by atoms with Gasteiger partial charge in [0.1, 0.15) is 0 Å². The van der Waals surface area contributed by atoms with Crippen molar-refractivity contribution < 1.29 is 18.3 Å². The average Bonchev–Trinajstić information content (AvgIpc) is 2.59. The normalized spacial score (nSPS) is 10.8. The standard InChI is InChI=1S/C18H19F2NO2S/c1-23-12-11-21(13-14-5-3-2-4-6-14)17(22)15-7-9-16(10-8-15)24-18(19)20/h2-10,18H,11-13H2,1H3. The van der Waals surface area contributed by atoms with E-state index in [2.05, 4.69) is 0 Å². The Labute approximate surface area is 144 Å². The number of carbonyl (C=O) groups is 1. The lowest BCUT2D eigenvalue weighted by molar-refractivity contribution is 0.0680. The highest BCUT2D eigenvalue weighted by Gasteiger charge is 2.16. The molecular weight excluding hydrogens is 332 g/mol. The average molecular weight is 351 g/mol. The minimum atomic E-state index is -2.47. The van der Waals surface area contributed by atoms with Gasteiger partial charge in [-0.3, -0.25) is 4.79 Å². The lowest BCUT2D eigenvalue weighted by Gasteiger charge is -2.22. The third kappa shape index (κ3) is 5.62. The van der Waals surface area contributed by atoms with Crippen LogP contribution < -0.4 is 0 Å². The summed E-state index contributed by atoms with van der Waals surface area (Å²) < 4.78 is 29.8. The highest BCUT2D eigenvalue weighted by molar-refractivity contribution is 7.99. The molecule has 0 fully saturated rings. The van der Waals surface area contributed by atoms with Crippen molar-refractivity contribution in [2.24, 2.45) is 0 Å². The molecule has 1 amide bonds. The summed E-state index contributed by atoms with van der Waals surface area (Å²) in [5.74, 6) is -2.62. The van der Waals surface area contributed by atoms with Crippen molar-refractivity contribution in [2.45, 2.75) is 17.2 Å². The summed E-state index contributed by atoms with van der Waals surface area (Å²) in [5.41, 5.74) is 1.49. The zero-order chi connectivity index (χ0) is 17.4. The number of amides is 1. The fourth-order valence-corrected chi connectivity index (χ4v) is 2.72. The van der Waals surface area contributed by atoms with Crippen molar-refractivity contribution in [3.8, 4) is 0 Å². The Balaban J connectivity index is 2.11. The molecule has 24 heavy (non-hydrogen) atoms. The van der Waals surface area contributed by atoms with E-state index in [1.807, 2.05) is 30.3 Å². The summed E-state index contributed by atoms with van der Waals surface area (Å²) in [6.45, 7) is 1.35. The molecule has 0 saturated carbocycles. The molecule has 128 valence electrons. The van der Waals surface area contributed by atoms with Crippen LogP contribution in [0.5, 0.6) is 0 Å². The van der Waals surface area contributed by atoms with E-state index in [9.17, 15) is 13.6 Å². The van der Waals surface area contributed by atoms with Crippen LogP contribution in [-0.4, -0.2) is 36.8 Å².